The average Bonchev–Trinajstić information content (AvgIpc) is 3.18. The quantitative estimate of drug-likeness (QED) is 0.342. The molecule has 0 saturated carbocycles. The Morgan fingerprint density at radius 2 is 2.11 bits per heavy atom. The lowest BCUT2D eigenvalue weighted by molar-refractivity contribution is -0.146. The summed E-state index contributed by atoms with van der Waals surface area (Å²) in [6.45, 7) is 7.84. The number of likely N-dealkylation sites (tertiary alicyclic amines) is 1. The van der Waals surface area contributed by atoms with E-state index in [1.165, 1.54) is 4.90 Å². The van der Waals surface area contributed by atoms with Crippen LogP contribution in [-0.4, -0.2) is 73.4 Å². The number of aryl methyl sites for hydroxylation is 2. The van der Waals surface area contributed by atoms with Crippen molar-refractivity contribution in [2.75, 3.05) is 46.3 Å². The molecule has 1 aromatic heterocycles. The zero-order valence-electron chi connectivity index (χ0n) is 17.0. The van der Waals surface area contributed by atoms with Gasteiger partial charge in [0, 0.05) is 38.8 Å². The number of hydrogen-bond acceptors (Lipinski definition) is 4. The molecular weight excluding hydrogens is 486 g/mol. The Hall–Kier alpha value is -1.04. The minimum absolute atomic E-state index is 0. The van der Waals surface area contributed by atoms with Gasteiger partial charge in [-0.1, -0.05) is 12.1 Å². The van der Waals surface area contributed by atoms with Crippen LogP contribution in [0.1, 0.15) is 30.4 Å². The highest BCUT2D eigenvalue weighted by Gasteiger charge is 2.33. The normalized spacial score (nSPS) is 17.9. The van der Waals surface area contributed by atoms with Gasteiger partial charge in [0.25, 0.3) is 0 Å². The topological polar surface area (TPSA) is 56.9 Å². The Labute approximate surface area is 181 Å². The summed E-state index contributed by atoms with van der Waals surface area (Å²) < 4.78 is 43.1. The molecule has 0 amide bonds. The SMILES string of the molecule is CCN(CC1CCN(C(=NC)NCCc2c(C)noc2C)C1)CC(F)(F)F.I. The Bertz CT molecular complexity index is 616. The number of hydrogen-bond donors (Lipinski definition) is 1. The Balaban J connectivity index is 0.00000392. The highest BCUT2D eigenvalue weighted by atomic mass is 127. The van der Waals surface area contributed by atoms with Gasteiger partial charge < -0.3 is 14.7 Å². The number of alkyl halides is 3. The van der Waals surface area contributed by atoms with Crippen LogP contribution in [0.5, 0.6) is 0 Å². The number of nitrogens with one attached hydrogen (secondary N) is 1. The van der Waals surface area contributed by atoms with Crippen LogP contribution in [0.15, 0.2) is 9.52 Å². The predicted molar refractivity (Wildman–Crippen MR) is 114 cm³/mol. The molecule has 1 fully saturated rings. The molecule has 28 heavy (non-hydrogen) atoms. The standard InChI is InChI=1S/C18H30F3N5O.HI/c1-5-25(12-18(19,20)21)10-15-7-9-26(11-15)17(22-4)23-8-6-16-13(2)24-27-14(16)3;/h15H,5-12H2,1-4H3,(H,22,23);1H. The van der Waals surface area contributed by atoms with Gasteiger partial charge in [-0.2, -0.15) is 13.2 Å². The van der Waals surface area contributed by atoms with Gasteiger partial charge in [-0.3, -0.25) is 9.89 Å². The maximum atomic E-state index is 12.6. The van der Waals surface area contributed by atoms with Crippen molar-refractivity contribution in [3.8, 4) is 0 Å². The second kappa shape index (κ2) is 11.2. The van der Waals surface area contributed by atoms with Crippen molar-refractivity contribution in [2.45, 2.75) is 39.8 Å². The molecule has 162 valence electrons. The maximum Gasteiger partial charge on any atom is 0.401 e. The average molecular weight is 517 g/mol. The van der Waals surface area contributed by atoms with E-state index in [0.29, 0.717) is 19.6 Å². The maximum absolute atomic E-state index is 12.6. The smallest absolute Gasteiger partial charge is 0.361 e. The van der Waals surface area contributed by atoms with Crippen LogP contribution in [0.4, 0.5) is 13.2 Å². The number of guanidine groups is 1. The van der Waals surface area contributed by atoms with Gasteiger partial charge in [0.2, 0.25) is 0 Å². The zero-order chi connectivity index (χ0) is 20.0. The molecule has 1 saturated heterocycles. The predicted octanol–water partition coefficient (Wildman–Crippen LogP) is 3.23. The van der Waals surface area contributed by atoms with E-state index >= 15 is 0 Å². The Kier molecular flexibility index (Phi) is 10.0. The second-order valence-electron chi connectivity index (χ2n) is 7.07. The lowest BCUT2D eigenvalue weighted by Gasteiger charge is -2.26. The van der Waals surface area contributed by atoms with Crippen molar-refractivity contribution in [1.29, 1.82) is 0 Å². The van der Waals surface area contributed by atoms with Crippen LogP contribution in [0.2, 0.25) is 0 Å². The lowest BCUT2D eigenvalue weighted by Crippen LogP contribution is -2.42. The molecule has 1 aromatic rings. The van der Waals surface area contributed by atoms with Crippen LogP contribution >= 0.6 is 24.0 Å². The van der Waals surface area contributed by atoms with Gasteiger partial charge in [-0.15, -0.1) is 24.0 Å². The number of rotatable bonds is 7. The lowest BCUT2D eigenvalue weighted by atomic mass is 10.1. The summed E-state index contributed by atoms with van der Waals surface area (Å²) in [6.07, 6.45) is -2.49. The van der Waals surface area contributed by atoms with Gasteiger partial charge in [-0.25, -0.2) is 0 Å². The summed E-state index contributed by atoms with van der Waals surface area (Å²) in [7, 11) is 1.73. The van der Waals surface area contributed by atoms with Gasteiger partial charge in [-0.05, 0) is 39.2 Å². The first-order valence-corrected chi connectivity index (χ1v) is 9.40. The number of halogens is 4. The minimum Gasteiger partial charge on any atom is -0.361 e. The molecule has 0 aromatic carbocycles. The van der Waals surface area contributed by atoms with Gasteiger partial charge in [0.05, 0.1) is 12.2 Å². The Morgan fingerprint density at radius 3 is 2.64 bits per heavy atom. The molecule has 0 spiro atoms. The first-order chi connectivity index (χ1) is 12.7. The van der Waals surface area contributed by atoms with E-state index in [1.54, 1.807) is 14.0 Å². The van der Waals surface area contributed by atoms with Crippen molar-refractivity contribution in [3.05, 3.63) is 17.0 Å². The minimum atomic E-state index is -4.15. The third kappa shape index (κ3) is 7.41. The fraction of sp³-hybridized carbons (Fsp3) is 0.778. The first kappa shape index (κ1) is 25.0. The fourth-order valence-electron chi connectivity index (χ4n) is 3.59. The molecule has 1 unspecified atom stereocenters. The van der Waals surface area contributed by atoms with Crippen molar-refractivity contribution >= 4 is 29.9 Å². The van der Waals surface area contributed by atoms with Gasteiger partial charge >= 0.3 is 6.18 Å². The monoisotopic (exact) mass is 517 g/mol. The number of aliphatic imine (C=N–C) groups is 1. The zero-order valence-corrected chi connectivity index (χ0v) is 19.3. The van der Waals surface area contributed by atoms with E-state index < -0.39 is 12.7 Å². The molecule has 6 nitrogen and oxygen atoms in total. The summed E-state index contributed by atoms with van der Waals surface area (Å²) in [6, 6.07) is 0. The number of nitrogens with zero attached hydrogens (tertiary/aromatic N) is 4. The summed E-state index contributed by atoms with van der Waals surface area (Å²) >= 11 is 0. The molecule has 2 rings (SSSR count). The van der Waals surface area contributed by atoms with Gasteiger partial charge in [0.15, 0.2) is 5.96 Å². The molecule has 0 aliphatic carbocycles. The van der Waals surface area contributed by atoms with E-state index in [-0.39, 0.29) is 29.9 Å². The third-order valence-electron chi connectivity index (χ3n) is 5.00. The van der Waals surface area contributed by atoms with E-state index in [4.69, 9.17) is 4.52 Å². The highest BCUT2D eigenvalue weighted by Crippen LogP contribution is 2.21. The van der Waals surface area contributed by atoms with Crippen LogP contribution < -0.4 is 5.32 Å². The summed E-state index contributed by atoms with van der Waals surface area (Å²) in [5.41, 5.74) is 2.00. The molecule has 2 heterocycles. The van der Waals surface area contributed by atoms with Crippen LogP contribution in [0, 0.1) is 19.8 Å². The van der Waals surface area contributed by atoms with Gasteiger partial charge in [0.1, 0.15) is 5.76 Å². The first-order valence-electron chi connectivity index (χ1n) is 9.40. The molecule has 1 aliphatic rings. The van der Waals surface area contributed by atoms with E-state index in [2.05, 4.69) is 20.4 Å². The molecule has 1 N–H and O–H groups in total. The second-order valence-corrected chi connectivity index (χ2v) is 7.07. The largest absolute Gasteiger partial charge is 0.401 e. The summed E-state index contributed by atoms with van der Waals surface area (Å²) in [4.78, 5) is 7.92. The van der Waals surface area contributed by atoms with Crippen molar-refractivity contribution in [3.63, 3.8) is 0 Å². The molecular formula is C18H31F3IN5O. The Morgan fingerprint density at radius 1 is 1.39 bits per heavy atom. The van der Waals surface area contributed by atoms with Crippen molar-refractivity contribution < 1.29 is 17.7 Å². The van der Waals surface area contributed by atoms with Crippen LogP contribution in [0.3, 0.4) is 0 Å². The van der Waals surface area contributed by atoms with Crippen molar-refractivity contribution in [1.82, 2.24) is 20.3 Å². The summed E-state index contributed by atoms with van der Waals surface area (Å²) in [5.74, 6) is 1.84. The van der Waals surface area contributed by atoms with E-state index in [0.717, 1.165) is 48.9 Å². The van der Waals surface area contributed by atoms with Crippen LogP contribution in [-0.2, 0) is 6.42 Å². The van der Waals surface area contributed by atoms with E-state index in [1.807, 2.05) is 13.8 Å². The molecule has 1 aliphatic heterocycles. The fourth-order valence-corrected chi connectivity index (χ4v) is 3.59. The molecule has 1 atom stereocenters. The van der Waals surface area contributed by atoms with Crippen molar-refractivity contribution in [2.24, 2.45) is 10.9 Å². The highest BCUT2D eigenvalue weighted by molar-refractivity contribution is 14.0. The van der Waals surface area contributed by atoms with Crippen LogP contribution in [0.25, 0.3) is 0 Å². The molecule has 0 bridgehead atoms. The third-order valence-corrected chi connectivity index (χ3v) is 5.00. The molecule has 10 heteroatoms. The molecule has 0 radical (unpaired) electrons. The van der Waals surface area contributed by atoms with E-state index in [9.17, 15) is 13.2 Å². The number of aromatic nitrogens is 1. The summed E-state index contributed by atoms with van der Waals surface area (Å²) in [5, 5.41) is 7.30.